The molecular weight excluding hydrogens is 242 g/mol. The highest BCUT2D eigenvalue weighted by Crippen LogP contribution is 2.31. The van der Waals surface area contributed by atoms with Crippen LogP contribution in [0.1, 0.15) is 23.3 Å². The summed E-state index contributed by atoms with van der Waals surface area (Å²) in [6.45, 7) is 1.09. The van der Waals surface area contributed by atoms with Gasteiger partial charge in [0, 0.05) is 18.3 Å². The molecule has 6 heteroatoms. The number of carbonyl (C=O) groups is 1. The zero-order chi connectivity index (χ0) is 12.8. The molecule has 2 bridgehead atoms. The summed E-state index contributed by atoms with van der Waals surface area (Å²) in [6.07, 6.45) is 9.04. The number of amides is 1. The Morgan fingerprint density at radius 2 is 2.37 bits per heavy atom. The van der Waals surface area contributed by atoms with E-state index in [1.807, 2.05) is 0 Å². The quantitative estimate of drug-likeness (QED) is 0.807. The molecule has 98 valence electrons. The van der Waals surface area contributed by atoms with Crippen LogP contribution in [0.15, 0.2) is 24.9 Å². The summed E-state index contributed by atoms with van der Waals surface area (Å²) in [6, 6.07) is 0.678. The van der Waals surface area contributed by atoms with E-state index in [0.717, 1.165) is 24.4 Å². The highest BCUT2D eigenvalue weighted by Gasteiger charge is 2.40. The van der Waals surface area contributed by atoms with E-state index in [2.05, 4.69) is 20.6 Å². The smallest absolute Gasteiger partial charge is 0.271 e. The van der Waals surface area contributed by atoms with Crippen molar-refractivity contribution in [3.8, 4) is 0 Å². The van der Waals surface area contributed by atoms with E-state index in [4.69, 9.17) is 0 Å². The highest BCUT2D eigenvalue weighted by molar-refractivity contribution is 5.92. The molecule has 1 amide bonds. The lowest BCUT2D eigenvalue weighted by molar-refractivity contribution is 0.0923. The van der Waals surface area contributed by atoms with Gasteiger partial charge in [0.25, 0.3) is 5.91 Å². The lowest BCUT2D eigenvalue weighted by Crippen LogP contribution is -2.48. The Kier molecular flexibility index (Phi) is 2.32. The molecule has 2 fully saturated rings. The van der Waals surface area contributed by atoms with E-state index < -0.39 is 0 Å². The monoisotopic (exact) mass is 257 g/mol. The molecule has 1 aliphatic carbocycles. The topological polar surface area (TPSA) is 71.3 Å². The molecule has 0 spiro atoms. The van der Waals surface area contributed by atoms with Gasteiger partial charge in [-0.1, -0.05) is 0 Å². The zero-order valence-electron chi connectivity index (χ0n) is 10.4. The highest BCUT2D eigenvalue weighted by atomic mass is 16.2. The van der Waals surface area contributed by atoms with E-state index in [1.165, 1.54) is 6.42 Å². The summed E-state index contributed by atoms with van der Waals surface area (Å²) in [5.74, 6) is 0.620. The standard InChI is InChI=1S/C13H15N5O/c19-13(17-11-2-8-1-10(11)15-3-8)12-6-18-7-14-4-9(18)5-16-12/h4-8,10-11,15H,1-3H2,(H,17,19)/t8-,10-,11-/m0/s1. The number of fused-ring (bicyclic) bond motifs is 3. The molecule has 1 aliphatic heterocycles. The number of rotatable bonds is 2. The largest absolute Gasteiger partial charge is 0.346 e. The normalized spacial score (nSPS) is 28.9. The van der Waals surface area contributed by atoms with E-state index >= 15 is 0 Å². The van der Waals surface area contributed by atoms with Gasteiger partial charge in [0.1, 0.15) is 5.69 Å². The molecular formula is C13H15N5O. The zero-order valence-corrected chi connectivity index (χ0v) is 10.4. The van der Waals surface area contributed by atoms with E-state index in [0.29, 0.717) is 11.7 Å². The molecule has 2 aromatic rings. The summed E-state index contributed by atoms with van der Waals surface area (Å²) >= 11 is 0. The number of nitrogens with one attached hydrogen (secondary N) is 2. The van der Waals surface area contributed by atoms with Gasteiger partial charge in [-0.25, -0.2) is 9.97 Å². The second-order valence-corrected chi connectivity index (χ2v) is 5.43. The Balaban J connectivity index is 1.53. The van der Waals surface area contributed by atoms with Gasteiger partial charge in [-0.2, -0.15) is 0 Å². The van der Waals surface area contributed by atoms with E-state index in [1.54, 1.807) is 29.3 Å². The van der Waals surface area contributed by atoms with Crippen molar-refractivity contribution in [2.45, 2.75) is 24.9 Å². The second kappa shape index (κ2) is 4.03. The van der Waals surface area contributed by atoms with Gasteiger partial charge >= 0.3 is 0 Å². The second-order valence-electron chi connectivity index (χ2n) is 5.43. The lowest BCUT2D eigenvalue weighted by Gasteiger charge is -2.23. The Labute approximate surface area is 110 Å². The minimum atomic E-state index is -0.102. The predicted octanol–water partition coefficient (Wildman–Crippen LogP) is 0.209. The van der Waals surface area contributed by atoms with Crippen molar-refractivity contribution in [2.75, 3.05) is 6.54 Å². The molecule has 19 heavy (non-hydrogen) atoms. The summed E-state index contributed by atoms with van der Waals surface area (Å²) in [7, 11) is 0. The van der Waals surface area contributed by atoms with Gasteiger partial charge in [-0.05, 0) is 25.3 Å². The molecule has 2 aliphatic rings. The number of hydrogen-bond acceptors (Lipinski definition) is 4. The molecule has 0 unspecified atom stereocenters. The van der Waals surface area contributed by atoms with Crippen molar-refractivity contribution < 1.29 is 4.79 Å². The third-order valence-electron chi connectivity index (χ3n) is 4.17. The summed E-state index contributed by atoms with van der Waals surface area (Å²) < 4.78 is 1.81. The minimum absolute atomic E-state index is 0.102. The van der Waals surface area contributed by atoms with Crippen molar-refractivity contribution in [3.05, 3.63) is 30.6 Å². The van der Waals surface area contributed by atoms with Crippen LogP contribution in [0, 0.1) is 5.92 Å². The third-order valence-corrected chi connectivity index (χ3v) is 4.17. The Morgan fingerprint density at radius 3 is 3.16 bits per heavy atom. The maximum atomic E-state index is 12.2. The number of carbonyl (C=O) groups excluding carboxylic acids is 1. The molecule has 4 rings (SSSR count). The fraction of sp³-hybridized carbons (Fsp3) is 0.462. The first-order valence-corrected chi connectivity index (χ1v) is 6.61. The van der Waals surface area contributed by atoms with Crippen LogP contribution < -0.4 is 10.6 Å². The first kappa shape index (κ1) is 10.9. The fourth-order valence-electron chi connectivity index (χ4n) is 3.20. The summed E-state index contributed by atoms with van der Waals surface area (Å²) in [5.41, 5.74) is 1.33. The molecule has 6 nitrogen and oxygen atoms in total. The van der Waals surface area contributed by atoms with Gasteiger partial charge in [-0.15, -0.1) is 0 Å². The predicted molar refractivity (Wildman–Crippen MR) is 68.8 cm³/mol. The maximum absolute atomic E-state index is 12.2. The van der Waals surface area contributed by atoms with Gasteiger partial charge in [0.05, 0.1) is 24.2 Å². The number of hydrogen-bond donors (Lipinski definition) is 2. The SMILES string of the molecule is O=C(N[C@H]1C[C@H]2CN[C@H]1C2)c1cn2cncc2cn1. The number of piperidine rings is 1. The molecule has 1 saturated carbocycles. The van der Waals surface area contributed by atoms with Crippen LogP contribution in [0.25, 0.3) is 5.52 Å². The number of nitrogens with zero attached hydrogens (tertiary/aromatic N) is 3. The Hall–Kier alpha value is -1.95. The van der Waals surface area contributed by atoms with Gasteiger partial charge in [-0.3, -0.25) is 4.79 Å². The molecule has 3 atom stereocenters. The van der Waals surface area contributed by atoms with Crippen molar-refractivity contribution >= 4 is 11.4 Å². The first-order chi connectivity index (χ1) is 9.29. The number of aromatic nitrogens is 3. The van der Waals surface area contributed by atoms with Crippen LogP contribution in [0.3, 0.4) is 0 Å². The molecule has 2 N–H and O–H groups in total. The average Bonchev–Trinajstić information content (AvgIpc) is 3.13. The van der Waals surface area contributed by atoms with Crippen LogP contribution >= 0.6 is 0 Å². The van der Waals surface area contributed by atoms with Crippen LogP contribution in [-0.4, -0.2) is 38.9 Å². The van der Waals surface area contributed by atoms with E-state index in [9.17, 15) is 4.79 Å². The van der Waals surface area contributed by atoms with Gasteiger partial charge in [0.15, 0.2) is 0 Å². The minimum Gasteiger partial charge on any atom is -0.346 e. The Bertz CT molecular complexity index is 637. The van der Waals surface area contributed by atoms with Crippen LogP contribution in [0.5, 0.6) is 0 Å². The van der Waals surface area contributed by atoms with Crippen LogP contribution in [0.4, 0.5) is 0 Å². The van der Waals surface area contributed by atoms with Crippen molar-refractivity contribution in [1.29, 1.82) is 0 Å². The van der Waals surface area contributed by atoms with Crippen molar-refractivity contribution in [3.63, 3.8) is 0 Å². The maximum Gasteiger partial charge on any atom is 0.271 e. The van der Waals surface area contributed by atoms with Crippen LogP contribution in [0.2, 0.25) is 0 Å². The molecule has 3 heterocycles. The fourth-order valence-corrected chi connectivity index (χ4v) is 3.20. The van der Waals surface area contributed by atoms with Gasteiger partial charge in [0.2, 0.25) is 0 Å². The molecule has 1 saturated heterocycles. The summed E-state index contributed by atoms with van der Waals surface area (Å²) in [4.78, 5) is 20.4. The first-order valence-electron chi connectivity index (χ1n) is 6.61. The van der Waals surface area contributed by atoms with E-state index in [-0.39, 0.29) is 11.9 Å². The van der Waals surface area contributed by atoms with Crippen molar-refractivity contribution in [1.82, 2.24) is 25.0 Å². The molecule has 0 radical (unpaired) electrons. The lowest BCUT2D eigenvalue weighted by atomic mass is 10.1. The Morgan fingerprint density at radius 1 is 1.42 bits per heavy atom. The summed E-state index contributed by atoms with van der Waals surface area (Å²) in [5, 5.41) is 6.52. The third kappa shape index (κ3) is 1.79. The van der Waals surface area contributed by atoms with Crippen molar-refractivity contribution in [2.24, 2.45) is 5.92 Å². The number of imidazole rings is 1. The average molecular weight is 257 g/mol. The van der Waals surface area contributed by atoms with Crippen LogP contribution in [-0.2, 0) is 0 Å². The molecule has 2 aromatic heterocycles. The molecule has 0 aromatic carbocycles. The van der Waals surface area contributed by atoms with Gasteiger partial charge < -0.3 is 15.0 Å².